The highest BCUT2D eigenvalue weighted by Gasteiger charge is 2.34. The number of rotatable bonds is 14. The summed E-state index contributed by atoms with van der Waals surface area (Å²) in [7, 11) is 1.65. The van der Waals surface area contributed by atoms with E-state index in [1.165, 1.54) is 12.3 Å². The van der Waals surface area contributed by atoms with Crippen molar-refractivity contribution in [2.24, 2.45) is 22.6 Å². The number of hydrogen-bond donors (Lipinski definition) is 3. The number of hydrogen-bond acceptors (Lipinski definition) is 6. The number of ether oxygens (including phenoxy) is 1. The number of carbonyl (C=O) groups is 2. The predicted octanol–water partition coefficient (Wildman–Crippen LogP) is 6.38. The molecule has 1 fully saturated rings. The molecule has 42 heavy (non-hydrogen) atoms. The fraction of sp³-hybridized carbons (Fsp3) is 0.484. The molecule has 0 spiro atoms. The molecule has 3 rings (SSSR count). The minimum atomic E-state index is -2.90. The second-order valence-electron chi connectivity index (χ2n) is 9.81. The first-order chi connectivity index (χ1) is 20.2. The lowest BCUT2D eigenvalue weighted by Gasteiger charge is -2.35. The van der Waals surface area contributed by atoms with Gasteiger partial charge >= 0.3 is 6.55 Å². The van der Waals surface area contributed by atoms with Gasteiger partial charge in [-0.25, -0.2) is 4.99 Å². The van der Waals surface area contributed by atoms with E-state index in [1.54, 1.807) is 19.2 Å². The Morgan fingerprint density at radius 3 is 2.50 bits per heavy atom. The number of nitrogens with two attached hydrogens (primary N) is 1. The number of alkyl halides is 2. The van der Waals surface area contributed by atoms with E-state index in [-0.39, 0.29) is 35.7 Å². The van der Waals surface area contributed by atoms with E-state index in [2.05, 4.69) is 20.6 Å². The monoisotopic (exact) mass is 605 g/mol. The zero-order chi connectivity index (χ0) is 31.1. The number of amides is 2. The first-order valence-electron chi connectivity index (χ1n) is 14.4. The molecule has 8 nitrogen and oxygen atoms in total. The summed E-state index contributed by atoms with van der Waals surface area (Å²) in [6.07, 6.45) is 8.24. The van der Waals surface area contributed by atoms with Crippen LogP contribution < -0.4 is 21.1 Å². The Labute approximate surface area is 252 Å². The van der Waals surface area contributed by atoms with Crippen LogP contribution in [0.25, 0.3) is 5.57 Å². The molecule has 2 aromatic rings. The molecule has 1 atom stereocenters. The first kappa shape index (κ1) is 34.7. The molecule has 230 valence electrons. The van der Waals surface area contributed by atoms with E-state index >= 15 is 0 Å². The number of aliphatic imine (C=N–C) groups is 1. The molecule has 1 unspecified atom stereocenters. The smallest absolute Gasteiger partial charge is 0.331 e. The summed E-state index contributed by atoms with van der Waals surface area (Å²) >= 11 is 5.93. The molecule has 2 amide bonds. The number of benzene rings is 1. The summed E-state index contributed by atoms with van der Waals surface area (Å²) in [6.45, 7) is 3.41. The molecule has 1 heterocycles. The van der Waals surface area contributed by atoms with Crippen molar-refractivity contribution >= 4 is 35.2 Å². The first-order valence-corrected chi connectivity index (χ1v) is 14.8. The zero-order valence-electron chi connectivity index (χ0n) is 24.7. The normalized spacial score (nSPS) is 17.2. The molecule has 0 radical (unpaired) electrons. The van der Waals surface area contributed by atoms with Gasteiger partial charge in [0.15, 0.2) is 0 Å². The van der Waals surface area contributed by atoms with Crippen LogP contribution in [0.3, 0.4) is 0 Å². The second kappa shape index (κ2) is 18.1. The fourth-order valence-electron chi connectivity index (χ4n) is 4.66. The van der Waals surface area contributed by atoms with Crippen LogP contribution in [0.5, 0.6) is 5.75 Å². The SMILES string of the molecule is CC.CCCC(CCC1CC(C(=O)NC)C1)Oc1cc(C(=O)NCc2ccc(Cl)cc2)ncc1C(=C/N)/C=N/C(F)F. The number of halogens is 3. The lowest BCUT2D eigenvalue weighted by atomic mass is 9.72. The van der Waals surface area contributed by atoms with Crippen molar-refractivity contribution in [2.45, 2.75) is 78.5 Å². The summed E-state index contributed by atoms with van der Waals surface area (Å²) in [5, 5.41) is 6.11. The van der Waals surface area contributed by atoms with Crippen LogP contribution in [0.1, 0.15) is 80.9 Å². The third-order valence-electron chi connectivity index (χ3n) is 6.94. The molecule has 4 N–H and O–H groups in total. The van der Waals surface area contributed by atoms with Crippen molar-refractivity contribution in [2.75, 3.05) is 7.05 Å². The molecular weight excluding hydrogens is 564 g/mol. The van der Waals surface area contributed by atoms with E-state index in [1.807, 2.05) is 32.9 Å². The van der Waals surface area contributed by atoms with Crippen molar-refractivity contribution in [3.8, 4) is 5.75 Å². The van der Waals surface area contributed by atoms with Gasteiger partial charge in [-0.15, -0.1) is 0 Å². The zero-order valence-corrected chi connectivity index (χ0v) is 25.5. The molecule has 0 bridgehead atoms. The predicted molar refractivity (Wildman–Crippen MR) is 164 cm³/mol. The van der Waals surface area contributed by atoms with Gasteiger partial charge in [-0.1, -0.05) is 50.9 Å². The van der Waals surface area contributed by atoms with E-state index in [0.717, 1.165) is 56.5 Å². The third-order valence-corrected chi connectivity index (χ3v) is 7.19. The molecular formula is C31H42ClF2N5O3. The number of carbonyl (C=O) groups excluding carboxylic acids is 2. The maximum absolute atomic E-state index is 12.9. The molecule has 1 aliphatic rings. The van der Waals surface area contributed by atoms with Crippen LogP contribution >= 0.6 is 11.6 Å². The highest BCUT2D eigenvalue weighted by Crippen LogP contribution is 2.38. The highest BCUT2D eigenvalue weighted by molar-refractivity contribution is 6.30. The average molecular weight is 606 g/mol. The fourth-order valence-corrected chi connectivity index (χ4v) is 4.79. The van der Waals surface area contributed by atoms with Crippen molar-refractivity contribution in [1.82, 2.24) is 15.6 Å². The third kappa shape index (κ3) is 10.7. The molecule has 1 aliphatic carbocycles. The minimum Gasteiger partial charge on any atom is -0.490 e. The Balaban J connectivity index is 0.00000301. The Kier molecular flexibility index (Phi) is 14.9. The van der Waals surface area contributed by atoms with Crippen molar-refractivity contribution < 1.29 is 23.1 Å². The van der Waals surface area contributed by atoms with Gasteiger partial charge in [-0.2, -0.15) is 8.78 Å². The molecule has 1 saturated carbocycles. The Morgan fingerprint density at radius 2 is 1.90 bits per heavy atom. The van der Waals surface area contributed by atoms with Gasteiger partial charge in [0, 0.05) is 60.3 Å². The van der Waals surface area contributed by atoms with Crippen LogP contribution in [0, 0.1) is 11.8 Å². The van der Waals surface area contributed by atoms with Gasteiger partial charge in [-0.3, -0.25) is 14.6 Å². The summed E-state index contributed by atoms with van der Waals surface area (Å²) in [5.41, 5.74) is 7.26. The number of nitrogens with one attached hydrogen (secondary N) is 2. The van der Waals surface area contributed by atoms with Crippen LogP contribution in [0.2, 0.25) is 5.02 Å². The lowest BCUT2D eigenvalue weighted by molar-refractivity contribution is -0.128. The largest absolute Gasteiger partial charge is 0.490 e. The van der Waals surface area contributed by atoms with Gasteiger partial charge < -0.3 is 21.1 Å². The minimum absolute atomic E-state index is 0.0626. The summed E-state index contributed by atoms with van der Waals surface area (Å²) in [4.78, 5) is 32.2. The Morgan fingerprint density at radius 1 is 1.21 bits per heavy atom. The topological polar surface area (TPSA) is 119 Å². The maximum Gasteiger partial charge on any atom is 0.331 e. The van der Waals surface area contributed by atoms with Crippen LogP contribution in [0.15, 0.2) is 47.7 Å². The van der Waals surface area contributed by atoms with Crippen molar-refractivity contribution in [3.63, 3.8) is 0 Å². The standard InChI is InChI=1S/C29H36ClF2N5O3.C2H6/c1-3-4-23(10-7-19-11-20(12-19)27(38)34-2)40-26-13-25(28(39)36-15-18-5-8-22(30)9-6-18)35-17-24(26)21(14-33)16-37-29(31)32;1-2/h5-6,8-9,13-14,16-17,19-20,23,29H,3-4,7,10-12,15,33H2,1-2H3,(H,34,38)(H,36,39);1-2H3/b21-14+,37-16+;. The summed E-state index contributed by atoms with van der Waals surface area (Å²) in [6, 6.07) is 8.59. The lowest BCUT2D eigenvalue weighted by Crippen LogP contribution is -2.37. The second-order valence-corrected chi connectivity index (χ2v) is 10.2. The molecule has 1 aromatic carbocycles. The molecule has 1 aromatic heterocycles. The highest BCUT2D eigenvalue weighted by atomic mass is 35.5. The number of nitrogens with zero attached hydrogens (tertiary/aromatic N) is 2. The van der Waals surface area contributed by atoms with Gasteiger partial charge in [0.25, 0.3) is 5.91 Å². The van der Waals surface area contributed by atoms with Gasteiger partial charge in [0.05, 0.1) is 6.10 Å². The van der Waals surface area contributed by atoms with Crippen LogP contribution in [-0.4, -0.2) is 42.7 Å². The molecule has 0 saturated heterocycles. The van der Waals surface area contributed by atoms with Gasteiger partial charge in [0.1, 0.15) is 11.4 Å². The van der Waals surface area contributed by atoms with E-state index < -0.39 is 12.5 Å². The Hall–Kier alpha value is -3.53. The summed E-state index contributed by atoms with van der Waals surface area (Å²) < 4.78 is 32.0. The van der Waals surface area contributed by atoms with Crippen LogP contribution in [-0.2, 0) is 11.3 Å². The number of aromatic nitrogens is 1. The Bertz CT molecular complexity index is 1200. The van der Waals surface area contributed by atoms with E-state index in [9.17, 15) is 18.4 Å². The number of pyridine rings is 1. The average Bonchev–Trinajstić information content (AvgIpc) is 2.97. The molecule has 11 heteroatoms. The maximum atomic E-state index is 12.9. The van der Waals surface area contributed by atoms with Crippen molar-refractivity contribution in [1.29, 1.82) is 0 Å². The summed E-state index contributed by atoms with van der Waals surface area (Å²) in [5.74, 6) is 0.459. The van der Waals surface area contributed by atoms with E-state index in [0.29, 0.717) is 22.3 Å². The van der Waals surface area contributed by atoms with E-state index in [4.69, 9.17) is 22.1 Å². The molecule has 0 aliphatic heterocycles. The number of allylic oxidation sites excluding steroid dienone is 1. The quantitative estimate of drug-likeness (QED) is 0.170. The van der Waals surface area contributed by atoms with Gasteiger partial charge in [0.2, 0.25) is 5.91 Å². The van der Waals surface area contributed by atoms with Crippen LogP contribution in [0.4, 0.5) is 8.78 Å². The van der Waals surface area contributed by atoms with Crippen molar-refractivity contribution in [3.05, 3.63) is 64.6 Å². The van der Waals surface area contributed by atoms with Gasteiger partial charge in [-0.05, 0) is 55.7 Å².